The highest BCUT2D eigenvalue weighted by Crippen LogP contribution is 2.44. The molecule has 2 aliphatic rings. The predicted octanol–water partition coefficient (Wildman–Crippen LogP) is 2.15. The number of nitrogens with zero attached hydrogens (tertiary/aromatic N) is 4. The second-order valence-corrected chi connectivity index (χ2v) is 5.89. The average molecular weight is 280 g/mol. The van der Waals surface area contributed by atoms with Crippen molar-refractivity contribution in [2.75, 3.05) is 31.1 Å². The molecule has 108 valence electrons. The first-order valence-corrected chi connectivity index (χ1v) is 7.73. The van der Waals surface area contributed by atoms with E-state index in [9.17, 15) is 0 Å². The van der Waals surface area contributed by atoms with Crippen molar-refractivity contribution in [3.63, 3.8) is 0 Å². The van der Waals surface area contributed by atoms with Crippen LogP contribution in [0.15, 0.2) is 48.8 Å². The topological polar surface area (TPSA) is 32.3 Å². The quantitative estimate of drug-likeness (QED) is 0.862. The van der Waals surface area contributed by atoms with E-state index in [0.717, 1.165) is 44.1 Å². The smallest absolute Gasteiger partial charge is 0.225 e. The Hall–Kier alpha value is -1.94. The number of hydrogen-bond acceptors (Lipinski definition) is 4. The first kappa shape index (κ1) is 12.8. The van der Waals surface area contributed by atoms with Crippen LogP contribution in [0.3, 0.4) is 0 Å². The van der Waals surface area contributed by atoms with Gasteiger partial charge in [-0.05, 0) is 18.1 Å². The molecule has 2 atom stereocenters. The van der Waals surface area contributed by atoms with Crippen LogP contribution in [-0.4, -0.2) is 47.1 Å². The fourth-order valence-electron chi connectivity index (χ4n) is 3.35. The maximum absolute atomic E-state index is 4.35. The molecule has 4 nitrogen and oxygen atoms in total. The third kappa shape index (κ3) is 2.63. The maximum atomic E-state index is 4.35. The van der Waals surface area contributed by atoms with Crippen molar-refractivity contribution in [3.8, 4) is 0 Å². The summed E-state index contributed by atoms with van der Waals surface area (Å²) in [6, 6.07) is 13.5. The van der Waals surface area contributed by atoms with E-state index in [-0.39, 0.29) is 0 Å². The molecule has 1 saturated heterocycles. The van der Waals surface area contributed by atoms with Crippen LogP contribution in [0.2, 0.25) is 0 Å². The van der Waals surface area contributed by atoms with E-state index in [1.807, 2.05) is 18.5 Å². The number of rotatable bonds is 3. The van der Waals surface area contributed by atoms with Crippen LogP contribution in [0.4, 0.5) is 5.95 Å². The number of benzene rings is 1. The minimum atomic E-state index is 0.741. The summed E-state index contributed by atoms with van der Waals surface area (Å²) in [6.07, 6.45) is 4.95. The van der Waals surface area contributed by atoms with Crippen molar-refractivity contribution in [3.05, 3.63) is 54.4 Å². The first-order chi connectivity index (χ1) is 10.4. The molecular formula is C17H20N4. The van der Waals surface area contributed by atoms with Gasteiger partial charge in [0.15, 0.2) is 0 Å². The Labute approximate surface area is 125 Å². The van der Waals surface area contributed by atoms with Gasteiger partial charge in [-0.15, -0.1) is 0 Å². The van der Waals surface area contributed by atoms with Crippen LogP contribution < -0.4 is 4.90 Å². The highest BCUT2D eigenvalue weighted by atomic mass is 15.3. The van der Waals surface area contributed by atoms with Gasteiger partial charge in [0, 0.05) is 50.5 Å². The van der Waals surface area contributed by atoms with Crippen molar-refractivity contribution in [2.24, 2.45) is 0 Å². The highest BCUT2D eigenvalue weighted by molar-refractivity contribution is 5.31. The molecule has 21 heavy (non-hydrogen) atoms. The molecule has 1 aliphatic carbocycles. The molecule has 0 N–H and O–H groups in total. The largest absolute Gasteiger partial charge is 0.338 e. The summed E-state index contributed by atoms with van der Waals surface area (Å²) < 4.78 is 0. The molecule has 2 aromatic rings. The van der Waals surface area contributed by atoms with Crippen LogP contribution in [-0.2, 0) is 0 Å². The van der Waals surface area contributed by atoms with Gasteiger partial charge in [0.05, 0.1) is 0 Å². The Morgan fingerprint density at radius 2 is 1.57 bits per heavy atom. The summed E-state index contributed by atoms with van der Waals surface area (Å²) in [4.78, 5) is 13.6. The molecule has 0 radical (unpaired) electrons. The van der Waals surface area contributed by atoms with Crippen molar-refractivity contribution < 1.29 is 0 Å². The van der Waals surface area contributed by atoms with Crippen molar-refractivity contribution >= 4 is 5.95 Å². The van der Waals surface area contributed by atoms with Gasteiger partial charge >= 0.3 is 0 Å². The van der Waals surface area contributed by atoms with Crippen molar-refractivity contribution in [1.29, 1.82) is 0 Å². The molecule has 1 saturated carbocycles. The van der Waals surface area contributed by atoms with E-state index in [1.165, 1.54) is 12.0 Å². The van der Waals surface area contributed by atoms with Gasteiger partial charge in [0.25, 0.3) is 0 Å². The summed E-state index contributed by atoms with van der Waals surface area (Å²) in [7, 11) is 0. The monoisotopic (exact) mass is 280 g/mol. The van der Waals surface area contributed by atoms with Gasteiger partial charge in [-0.3, -0.25) is 4.90 Å². The number of piperazine rings is 1. The average Bonchev–Trinajstić information content (AvgIpc) is 3.37. The second kappa shape index (κ2) is 5.45. The number of hydrogen-bond donors (Lipinski definition) is 0. The van der Waals surface area contributed by atoms with Crippen LogP contribution in [0, 0.1) is 0 Å². The summed E-state index contributed by atoms with van der Waals surface area (Å²) in [6.45, 7) is 4.29. The van der Waals surface area contributed by atoms with Crippen molar-refractivity contribution in [1.82, 2.24) is 14.9 Å². The molecule has 1 aromatic carbocycles. The van der Waals surface area contributed by atoms with E-state index < -0.39 is 0 Å². The summed E-state index contributed by atoms with van der Waals surface area (Å²) >= 11 is 0. The molecular weight excluding hydrogens is 260 g/mol. The molecule has 2 fully saturated rings. The van der Waals surface area contributed by atoms with Gasteiger partial charge in [-0.2, -0.15) is 0 Å². The zero-order valence-corrected chi connectivity index (χ0v) is 12.1. The molecule has 2 heterocycles. The molecule has 0 bridgehead atoms. The lowest BCUT2D eigenvalue weighted by Crippen LogP contribution is -2.48. The van der Waals surface area contributed by atoms with Crippen LogP contribution in [0.1, 0.15) is 17.9 Å². The van der Waals surface area contributed by atoms with Gasteiger partial charge in [-0.25, -0.2) is 9.97 Å². The predicted molar refractivity (Wildman–Crippen MR) is 83.4 cm³/mol. The molecule has 4 rings (SSSR count). The molecule has 1 aromatic heterocycles. The fourth-order valence-corrected chi connectivity index (χ4v) is 3.35. The molecule has 1 aliphatic heterocycles. The molecule has 4 heteroatoms. The minimum absolute atomic E-state index is 0.741. The SMILES string of the molecule is c1ccc([C@@H]2C[C@H]2N2CCN(c3ncccn3)CC2)cc1. The summed E-state index contributed by atoms with van der Waals surface area (Å²) in [5.74, 6) is 1.61. The Bertz CT molecular complexity index is 578. The zero-order chi connectivity index (χ0) is 14.1. The lowest BCUT2D eigenvalue weighted by atomic mass is 10.1. The van der Waals surface area contributed by atoms with Crippen molar-refractivity contribution in [2.45, 2.75) is 18.4 Å². The van der Waals surface area contributed by atoms with Gasteiger partial charge in [0.2, 0.25) is 5.95 Å². The van der Waals surface area contributed by atoms with Gasteiger partial charge in [0.1, 0.15) is 0 Å². The van der Waals surface area contributed by atoms with E-state index in [1.54, 1.807) is 0 Å². The Morgan fingerprint density at radius 3 is 2.29 bits per heavy atom. The number of anilines is 1. The summed E-state index contributed by atoms with van der Waals surface area (Å²) in [5.41, 5.74) is 1.50. The van der Waals surface area contributed by atoms with E-state index >= 15 is 0 Å². The zero-order valence-electron chi connectivity index (χ0n) is 12.1. The van der Waals surface area contributed by atoms with Gasteiger partial charge in [-0.1, -0.05) is 30.3 Å². The molecule has 0 amide bonds. The Kier molecular flexibility index (Phi) is 3.31. The van der Waals surface area contributed by atoms with Crippen LogP contribution in [0.25, 0.3) is 0 Å². The second-order valence-electron chi connectivity index (χ2n) is 5.89. The maximum Gasteiger partial charge on any atom is 0.225 e. The highest BCUT2D eigenvalue weighted by Gasteiger charge is 2.43. The van der Waals surface area contributed by atoms with E-state index in [4.69, 9.17) is 0 Å². The van der Waals surface area contributed by atoms with Crippen LogP contribution >= 0.6 is 0 Å². The van der Waals surface area contributed by atoms with E-state index in [0.29, 0.717) is 0 Å². The lowest BCUT2D eigenvalue weighted by molar-refractivity contribution is 0.243. The Morgan fingerprint density at radius 1 is 0.857 bits per heavy atom. The van der Waals surface area contributed by atoms with Gasteiger partial charge < -0.3 is 4.90 Å². The lowest BCUT2D eigenvalue weighted by Gasteiger charge is -2.35. The Balaban J connectivity index is 1.35. The fraction of sp³-hybridized carbons (Fsp3) is 0.412. The molecule has 0 unspecified atom stereocenters. The van der Waals surface area contributed by atoms with E-state index in [2.05, 4.69) is 50.1 Å². The number of aromatic nitrogens is 2. The summed E-state index contributed by atoms with van der Waals surface area (Å²) in [5, 5.41) is 0. The third-order valence-corrected chi connectivity index (χ3v) is 4.60. The first-order valence-electron chi connectivity index (χ1n) is 7.73. The standard InChI is InChI=1S/C17H20N4/c1-2-5-14(6-3-1)15-13-16(15)20-9-11-21(12-10-20)17-18-7-4-8-19-17/h1-8,15-16H,9-13H2/t15-,16+/m0/s1. The van der Waals surface area contributed by atoms with Crippen LogP contribution in [0.5, 0.6) is 0 Å². The third-order valence-electron chi connectivity index (χ3n) is 4.60. The minimum Gasteiger partial charge on any atom is -0.338 e. The normalized spacial score (nSPS) is 25.8. The molecule has 0 spiro atoms.